The van der Waals surface area contributed by atoms with E-state index in [0.717, 1.165) is 16.8 Å². The number of benzene rings is 2. The summed E-state index contributed by atoms with van der Waals surface area (Å²) in [6.07, 6.45) is 1.77. The van der Waals surface area contributed by atoms with Crippen molar-refractivity contribution in [3.8, 4) is 23.1 Å². The summed E-state index contributed by atoms with van der Waals surface area (Å²) in [5.41, 5.74) is 4.41. The number of ether oxygens (including phenoxy) is 1. The molecule has 0 bridgehead atoms. The first-order chi connectivity index (χ1) is 12.5. The van der Waals surface area contributed by atoms with E-state index in [4.69, 9.17) is 4.74 Å². The van der Waals surface area contributed by atoms with Gasteiger partial charge in [-0.2, -0.15) is 5.26 Å². The van der Waals surface area contributed by atoms with Gasteiger partial charge in [-0.05, 0) is 30.7 Å². The van der Waals surface area contributed by atoms with Gasteiger partial charge < -0.3 is 4.74 Å². The van der Waals surface area contributed by atoms with Crippen LogP contribution in [-0.4, -0.2) is 11.0 Å². The fraction of sp³-hybridized carbons (Fsp3) is 0.0952. The van der Waals surface area contributed by atoms with Crippen molar-refractivity contribution in [1.29, 1.82) is 5.26 Å². The molecule has 5 heteroatoms. The Morgan fingerprint density at radius 1 is 1.15 bits per heavy atom. The van der Waals surface area contributed by atoms with E-state index in [1.807, 2.05) is 36.6 Å². The Labute approximate surface area is 156 Å². The van der Waals surface area contributed by atoms with Gasteiger partial charge in [-0.15, -0.1) is 11.3 Å². The minimum atomic E-state index is -0.363. The highest BCUT2D eigenvalue weighted by molar-refractivity contribution is 7.11. The van der Waals surface area contributed by atoms with E-state index in [1.165, 1.54) is 23.8 Å². The van der Waals surface area contributed by atoms with Gasteiger partial charge in [0.05, 0.1) is 11.3 Å². The van der Waals surface area contributed by atoms with Gasteiger partial charge in [-0.1, -0.05) is 42.0 Å². The maximum Gasteiger partial charge on any atom is 0.308 e. The molecule has 3 aromatic rings. The molecule has 0 unspecified atom stereocenters. The molecule has 0 aliphatic carbocycles. The fourth-order valence-electron chi connectivity index (χ4n) is 2.36. The molecular formula is C21H16N2O2S. The molecule has 0 aliphatic heterocycles. The highest BCUT2D eigenvalue weighted by atomic mass is 32.1. The largest absolute Gasteiger partial charge is 0.427 e. The number of esters is 1. The third kappa shape index (κ3) is 4.24. The summed E-state index contributed by atoms with van der Waals surface area (Å²) < 4.78 is 5.01. The summed E-state index contributed by atoms with van der Waals surface area (Å²) in [6, 6.07) is 17.3. The molecule has 0 fully saturated rings. The lowest BCUT2D eigenvalue weighted by Gasteiger charge is -2.01. The number of carbonyl (C=O) groups excluding carboxylic acids is 1. The number of aryl methyl sites for hydroxylation is 1. The molecule has 128 valence electrons. The van der Waals surface area contributed by atoms with Crippen molar-refractivity contribution in [1.82, 2.24) is 4.98 Å². The van der Waals surface area contributed by atoms with E-state index in [1.54, 1.807) is 30.3 Å². The number of nitrogens with zero attached hydrogens (tertiary/aromatic N) is 2. The van der Waals surface area contributed by atoms with Gasteiger partial charge in [0.2, 0.25) is 0 Å². The van der Waals surface area contributed by atoms with Gasteiger partial charge in [0.15, 0.2) is 0 Å². The average molecular weight is 360 g/mol. The predicted octanol–water partition coefficient (Wildman–Crippen LogP) is 5.11. The summed E-state index contributed by atoms with van der Waals surface area (Å²) in [4.78, 5) is 15.6. The lowest BCUT2D eigenvalue weighted by Crippen LogP contribution is -2.00. The number of thiazole rings is 1. The van der Waals surface area contributed by atoms with Crippen molar-refractivity contribution in [2.75, 3.05) is 0 Å². The molecular weight excluding hydrogens is 344 g/mol. The standard InChI is InChI=1S/C21H16N2O2S/c1-14-3-7-17(8-4-14)20-13-26-21(23-20)18(12-22)11-16-5-9-19(10-6-16)25-15(2)24/h3-11,13H,1-2H3. The van der Waals surface area contributed by atoms with Crippen LogP contribution in [0.3, 0.4) is 0 Å². The van der Waals surface area contributed by atoms with Gasteiger partial charge in [0, 0.05) is 17.9 Å². The average Bonchev–Trinajstić information content (AvgIpc) is 3.11. The maximum absolute atomic E-state index is 11.0. The van der Waals surface area contributed by atoms with Crippen molar-refractivity contribution in [3.05, 3.63) is 70.0 Å². The second-order valence-electron chi connectivity index (χ2n) is 5.74. The predicted molar refractivity (Wildman–Crippen MR) is 104 cm³/mol. The fourth-order valence-corrected chi connectivity index (χ4v) is 3.16. The van der Waals surface area contributed by atoms with Crippen LogP contribution in [-0.2, 0) is 4.79 Å². The quantitative estimate of drug-likeness (QED) is 0.368. The number of nitriles is 1. The van der Waals surface area contributed by atoms with Crippen LogP contribution in [0.2, 0.25) is 0 Å². The van der Waals surface area contributed by atoms with Crippen LogP contribution in [0.15, 0.2) is 53.9 Å². The number of hydrogen-bond acceptors (Lipinski definition) is 5. The smallest absolute Gasteiger partial charge is 0.308 e. The summed E-state index contributed by atoms with van der Waals surface area (Å²) >= 11 is 1.44. The van der Waals surface area contributed by atoms with Gasteiger partial charge >= 0.3 is 5.97 Å². The van der Waals surface area contributed by atoms with Gasteiger partial charge in [0.1, 0.15) is 16.8 Å². The molecule has 0 radical (unpaired) electrons. The van der Waals surface area contributed by atoms with Crippen LogP contribution < -0.4 is 4.74 Å². The van der Waals surface area contributed by atoms with E-state index < -0.39 is 0 Å². The Morgan fingerprint density at radius 3 is 2.46 bits per heavy atom. The van der Waals surface area contributed by atoms with E-state index in [-0.39, 0.29) is 5.97 Å². The Kier molecular flexibility index (Phi) is 5.26. The van der Waals surface area contributed by atoms with Crippen molar-refractivity contribution in [2.45, 2.75) is 13.8 Å². The Morgan fingerprint density at radius 2 is 1.85 bits per heavy atom. The number of carbonyl (C=O) groups is 1. The van der Waals surface area contributed by atoms with E-state index in [9.17, 15) is 10.1 Å². The molecule has 0 aliphatic rings. The van der Waals surface area contributed by atoms with Crippen molar-refractivity contribution >= 4 is 29.0 Å². The summed E-state index contributed by atoms with van der Waals surface area (Å²) in [7, 11) is 0. The maximum atomic E-state index is 11.0. The number of allylic oxidation sites excluding steroid dienone is 1. The van der Waals surface area contributed by atoms with Gasteiger partial charge in [-0.3, -0.25) is 4.79 Å². The Balaban J connectivity index is 1.85. The zero-order valence-corrected chi connectivity index (χ0v) is 15.2. The third-order valence-corrected chi connectivity index (χ3v) is 4.53. The first-order valence-electron chi connectivity index (χ1n) is 7.98. The Bertz CT molecular complexity index is 994. The van der Waals surface area contributed by atoms with Crippen LogP contribution >= 0.6 is 11.3 Å². The number of rotatable bonds is 4. The third-order valence-electron chi connectivity index (χ3n) is 3.66. The number of hydrogen-bond donors (Lipinski definition) is 0. The molecule has 0 atom stereocenters. The van der Waals surface area contributed by atoms with Gasteiger partial charge in [-0.25, -0.2) is 4.98 Å². The van der Waals surface area contributed by atoms with Crippen molar-refractivity contribution in [2.24, 2.45) is 0 Å². The zero-order chi connectivity index (χ0) is 18.5. The van der Waals surface area contributed by atoms with Crippen LogP contribution in [0, 0.1) is 18.3 Å². The second-order valence-corrected chi connectivity index (χ2v) is 6.59. The normalized spacial score (nSPS) is 11.0. The molecule has 26 heavy (non-hydrogen) atoms. The molecule has 4 nitrogen and oxygen atoms in total. The highest BCUT2D eigenvalue weighted by Gasteiger charge is 2.09. The summed E-state index contributed by atoms with van der Waals surface area (Å²) in [6.45, 7) is 3.40. The molecule has 1 heterocycles. The van der Waals surface area contributed by atoms with Crippen LogP contribution in [0.1, 0.15) is 23.1 Å². The van der Waals surface area contributed by atoms with E-state index >= 15 is 0 Å². The molecule has 0 N–H and O–H groups in total. The molecule has 3 rings (SSSR count). The first kappa shape index (κ1) is 17.6. The van der Waals surface area contributed by atoms with Crippen molar-refractivity contribution in [3.63, 3.8) is 0 Å². The topological polar surface area (TPSA) is 63.0 Å². The number of aromatic nitrogens is 1. The zero-order valence-electron chi connectivity index (χ0n) is 14.4. The minimum absolute atomic E-state index is 0.363. The molecule has 2 aromatic carbocycles. The second kappa shape index (κ2) is 7.77. The van der Waals surface area contributed by atoms with Crippen LogP contribution in [0.5, 0.6) is 5.75 Å². The summed E-state index contributed by atoms with van der Waals surface area (Å²) in [5, 5.41) is 12.1. The molecule has 0 amide bonds. The van der Waals surface area contributed by atoms with E-state index in [0.29, 0.717) is 16.3 Å². The van der Waals surface area contributed by atoms with Crippen molar-refractivity contribution < 1.29 is 9.53 Å². The lowest BCUT2D eigenvalue weighted by molar-refractivity contribution is -0.131. The van der Waals surface area contributed by atoms with E-state index in [2.05, 4.69) is 11.1 Å². The summed E-state index contributed by atoms with van der Waals surface area (Å²) in [5.74, 6) is 0.112. The molecule has 0 saturated heterocycles. The highest BCUT2D eigenvalue weighted by Crippen LogP contribution is 2.27. The van der Waals surface area contributed by atoms with Crippen LogP contribution in [0.4, 0.5) is 0 Å². The Hall–Kier alpha value is -3.23. The monoisotopic (exact) mass is 360 g/mol. The molecule has 0 saturated carbocycles. The first-order valence-corrected chi connectivity index (χ1v) is 8.86. The lowest BCUT2D eigenvalue weighted by atomic mass is 10.1. The van der Waals surface area contributed by atoms with Crippen LogP contribution in [0.25, 0.3) is 22.9 Å². The minimum Gasteiger partial charge on any atom is -0.427 e. The SMILES string of the molecule is CC(=O)Oc1ccc(C=C(C#N)c2nc(-c3ccc(C)cc3)cs2)cc1. The molecule has 0 spiro atoms. The molecule has 1 aromatic heterocycles. The van der Waals surface area contributed by atoms with Gasteiger partial charge in [0.25, 0.3) is 0 Å².